The van der Waals surface area contributed by atoms with Crippen LogP contribution in [0.4, 0.5) is 11.5 Å². The molecule has 1 amide bonds. The summed E-state index contributed by atoms with van der Waals surface area (Å²) < 4.78 is 16.5. The molecule has 33 heavy (non-hydrogen) atoms. The van der Waals surface area contributed by atoms with Crippen LogP contribution in [0.2, 0.25) is 0 Å². The molecule has 8 nitrogen and oxygen atoms in total. The van der Waals surface area contributed by atoms with E-state index in [-0.39, 0.29) is 11.9 Å². The van der Waals surface area contributed by atoms with Gasteiger partial charge in [-0.1, -0.05) is 0 Å². The highest BCUT2D eigenvalue weighted by atomic mass is 32.2. The number of hydrogen-bond acceptors (Lipinski definition) is 6. The highest BCUT2D eigenvalue weighted by Gasteiger charge is 2.33. The number of thiophene rings is 1. The van der Waals surface area contributed by atoms with E-state index in [0.29, 0.717) is 17.1 Å². The van der Waals surface area contributed by atoms with Crippen LogP contribution in [-0.2, 0) is 11.0 Å². The van der Waals surface area contributed by atoms with Crippen LogP contribution in [0.25, 0.3) is 5.65 Å². The third kappa shape index (κ3) is 4.38. The third-order valence-corrected chi connectivity index (χ3v) is 7.98. The standard InChI is InChI=1S/C23H30N6O2S2/c1-15-14-29-20(24-22(15)27-9-6-7-10-27)13-17(25-29)19-8-4-5-11-28(19)23(30)21-18(26-33(3)31)12-16(2)32-21/h12-14,19,26H,4-11H2,1-3H3. The Hall–Kier alpha value is -2.46. The smallest absolute Gasteiger partial charge is 0.266 e. The van der Waals surface area contributed by atoms with Crippen LogP contribution in [0.5, 0.6) is 0 Å². The van der Waals surface area contributed by atoms with Crippen molar-refractivity contribution in [3.63, 3.8) is 0 Å². The van der Waals surface area contributed by atoms with Crippen molar-refractivity contribution in [2.24, 2.45) is 0 Å². The Balaban J connectivity index is 1.47. The second kappa shape index (κ2) is 9.06. The fourth-order valence-corrected chi connectivity index (χ4v) is 6.41. The number of nitrogens with one attached hydrogen (secondary N) is 1. The summed E-state index contributed by atoms with van der Waals surface area (Å²) in [5.41, 5.74) is 3.48. The molecule has 2 fully saturated rings. The SMILES string of the molecule is Cc1cc(NS(C)=O)c(C(=O)N2CCCCC2c2cc3nc(N4CCCC4)c(C)cn3n2)s1. The molecule has 176 valence electrons. The van der Waals surface area contributed by atoms with Gasteiger partial charge >= 0.3 is 0 Å². The average Bonchev–Trinajstić information content (AvgIpc) is 3.52. The number of anilines is 2. The summed E-state index contributed by atoms with van der Waals surface area (Å²) >= 11 is 1.45. The summed E-state index contributed by atoms with van der Waals surface area (Å²) in [6.45, 7) is 6.84. The van der Waals surface area contributed by atoms with E-state index >= 15 is 0 Å². The molecule has 5 rings (SSSR count). The lowest BCUT2D eigenvalue weighted by Gasteiger charge is -2.34. The molecule has 1 N–H and O–H groups in total. The summed E-state index contributed by atoms with van der Waals surface area (Å²) in [6, 6.07) is 3.84. The van der Waals surface area contributed by atoms with Crippen LogP contribution in [0, 0.1) is 13.8 Å². The second-order valence-corrected chi connectivity index (χ2v) is 11.3. The Morgan fingerprint density at radius 2 is 1.91 bits per heavy atom. The van der Waals surface area contributed by atoms with Crippen molar-refractivity contribution in [3.8, 4) is 0 Å². The highest BCUT2D eigenvalue weighted by molar-refractivity contribution is 7.85. The molecule has 3 aromatic rings. The molecule has 2 unspecified atom stereocenters. The van der Waals surface area contributed by atoms with Crippen molar-refractivity contribution in [3.05, 3.63) is 39.3 Å². The molecule has 5 heterocycles. The molecule has 0 bridgehead atoms. The quantitative estimate of drug-likeness (QED) is 0.588. The Morgan fingerprint density at radius 1 is 1.15 bits per heavy atom. The molecular formula is C23H30N6O2S2. The maximum Gasteiger partial charge on any atom is 0.266 e. The molecule has 0 saturated carbocycles. The lowest BCUT2D eigenvalue weighted by Crippen LogP contribution is -2.38. The second-order valence-electron chi connectivity index (χ2n) is 8.98. The van der Waals surface area contributed by atoms with Crippen molar-refractivity contribution in [2.45, 2.75) is 52.0 Å². The third-order valence-electron chi connectivity index (χ3n) is 6.44. The van der Waals surface area contributed by atoms with Crippen molar-refractivity contribution in [1.29, 1.82) is 0 Å². The lowest BCUT2D eigenvalue weighted by atomic mass is 9.99. The predicted molar refractivity (Wildman–Crippen MR) is 134 cm³/mol. The van der Waals surface area contributed by atoms with Crippen molar-refractivity contribution in [1.82, 2.24) is 19.5 Å². The minimum absolute atomic E-state index is 0.0234. The molecule has 3 aromatic heterocycles. The zero-order valence-electron chi connectivity index (χ0n) is 19.3. The largest absolute Gasteiger partial charge is 0.356 e. The van der Waals surface area contributed by atoms with Gasteiger partial charge in [0.05, 0.1) is 17.4 Å². The number of carbonyl (C=O) groups is 1. The number of piperidine rings is 1. The van der Waals surface area contributed by atoms with Gasteiger partial charge in [-0.3, -0.25) is 4.79 Å². The van der Waals surface area contributed by atoms with Gasteiger partial charge in [-0.05, 0) is 52.0 Å². The Labute approximate surface area is 200 Å². The zero-order valence-corrected chi connectivity index (χ0v) is 21.0. The average molecular weight is 487 g/mol. The van der Waals surface area contributed by atoms with Gasteiger partial charge < -0.3 is 14.5 Å². The fourth-order valence-electron chi connectivity index (χ4n) is 4.95. The summed E-state index contributed by atoms with van der Waals surface area (Å²) in [6.07, 6.45) is 8.95. The minimum atomic E-state index is -1.24. The van der Waals surface area contributed by atoms with E-state index in [2.05, 4.69) is 22.7 Å². The number of hydrogen-bond donors (Lipinski definition) is 1. The highest BCUT2D eigenvalue weighted by Crippen LogP contribution is 2.36. The summed E-state index contributed by atoms with van der Waals surface area (Å²) in [5.74, 6) is 1.02. The van der Waals surface area contributed by atoms with E-state index in [4.69, 9.17) is 10.1 Å². The predicted octanol–water partition coefficient (Wildman–Crippen LogP) is 4.08. The van der Waals surface area contributed by atoms with Crippen LogP contribution in [0.15, 0.2) is 18.3 Å². The van der Waals surface area contributed by atoms with E-state index < -0.39 is 11.0 Å². The van der Waals surface area contributed by atoms with Gasteiger partial charge in [-0.15, -0.1) is 11.3 Å². The molecule has 0 aliphatic carbocycles. The van der Waals surface area contributed by atoms with Gasteiger partial charge in [0.25, 0.3) is 5.91 Å². The number of amides is 1. The monoisotopic (exact) mass is 486 g/mol. The van der Waals surface area contributed by atoms with Gasteiger partial charge in [-0.2, -0.15) is 5.10 Å². The van der Waals surface area contributed by atoms with Crippen molar-refractivity contribution in [2.75, 3.05) is 35.5 Å². The van der Waals surface area contributed by atoms with Gasteiger partial charge in [-0.25, -0.2) is 13.7 Å². The number of nitrogens with zero attached hydrogens (tertiary/aromatic N) is 5. The van der Waals surface area contributed by atoms with E-state index in [9.17, 15) is 9.00 Å². The first-order chi connectivity index (χ1) is 15.9. The maximum absolute atomic E-state index is 13.6. The fraction of sp³-hybridized carbons (Fsp3) is 0.522. The van der Waals surface area contributed by atoms with Gasteiger partial charge in [0.15, 0.2) is 5.65 Å². The maximum atomic E-state index is 13.6. The normalized spacial score (nSPS) is 19.9. The van der Waals surface area contributed by atoms with Gasteiger partial charge in [0, 0.05) is 48.6 Å². The topological polar surface area (TPSA) is 82.8 Å². The van der Waals surface area contributed by atoms with Crippen molar-refractivity contribution >= 4 is 45.4 Å². The molecule has 0 radical (unpaired) electrons. The lowest BCUT2D eigenvalue weighted by molar-refractivity contribution is 0.0612. The Morgan fingerprint density at radius 3 is 2.67 bits per heavy atom. The van der Waals surface area contributed by atoms with E-state index in [1.54, 1.807) is 6.26 Å². The van der Waals surface area contributed by atoms with E-state index in [1.807, 2.05) is 28.5 Å². The van der Waals surface area contributed by atoms with Crippen LogP contribution in [0.3, 0.4) is 0 Å². The number of aromatic nitrogens is 3. The number of rotatable bonds is 5. The molecule has 2 saturated heterocycles. The van der Waals surface area contributed by atoms with E-state index in [1.165, 1.54) is 24.2 Å². The number of aryl methyl sites for hydroxylation is 2. The molecule has 2 aliphatic heterocycles. The molecule has 10 heteroatoms. The minimum Gasteiger partial charge on any atom is -0.356 e. The Bertz CT molecular complexity index is 1210. The molecule has 0 aromatic carbocycles. The van der Waals surface area contributed by atoms with Gasteiger partial charge in [0.1, 0.15) is 21.7 Å². The van der Waals surface area contributed by atoms with E-state index in [0.717, 1.165) is 60.0 Å². The number of fused-ring (bicyclic) bond motifs is 1. The summed E-state index contributed by atoms with van der Waals surface area (Å²) in [5, 5.41) is 4.85. The van der Waals surface area contributed by atoms with Crippen LogP contribution >= 0.6 is 11.3 Å². The summed E-state index contributed by atoms with van der Waals surface area (Å²) in [4.78, 5) is 24.5. The first-order valence-corrected chi connectivity index (χ1v) is 13.9. The molecule has 2 aliphatic rings. The number of carbonyl (C=O) groups excluding carboxylic acids is 1. The van der Waals surface area contributed by atoms with Crippen LogP contribution in [0.1, 0.15) is 64.0 Å². The van der Waals surface area contributed by atoms with Crippen molar-refractivity contribution < 1.29 is 9.00 Å². The molecule has 0 spiro atoms. The van der Waals surface area contributed by atoms with Crippen LogP contribution in [-0.4, -0.2) is 55.5 Å². The van der Waals surface area contributed by atoms with Gasteiger partial charge in [0.2, 0.25) is 0 Å². The zero-order chi connectivity index (χ0) is 23.1. The molecular weight excluding hydrogens is 456 g/mol. The first kappa shape index (κ1) is 22.3. The summed E-state index contributed by atoms with van der Waals surface area (Å²) in [7, 11) is -1.24. The molecule has 2 atom stereocenters. The number of likely N-dealkylation sites (tertiary alicyclic amines) is 1. The first-order valence-electron chi connectivity index (χ1n) is 11.5. The van der Waals surface area contributed by atoms with Crippen LogP contribution < -0.4 is 9.62 Å². The Kier molecular flexibility index (Phi) is 6.13.